The average Bonchev–Trinajstić information content (AvgIpc) is 2.53. The minimum atomic E-state index is -0.797. The van der Waals surface area contributed by atoms with E-state index in [1.807, 2.05) is 39.0 Å². The van der Waals surface area contributed by atoms with Gasteiger partial charge in [0.05, 0.1) is 12.8 Å². The number of esters is 1. The molecule has 0 aliphatic carbocycles. The van der Waals surface area contributed by atoms with E-state index in [0.29, 0.717) is 31.6 Å². The molecule has 1 aromatic rings. The molecule has 0 saturated carbocycles. The summed E-state index contributed by atoms with van der Waals surface area (Å²) in [7, 11) is 1.38. The van der Waals surface area contributed by atoms with Gasteiger partial charge in [0.2, 0.25) is 0 Å². The summed E-state index contributed by atoms with van der Waals surface area (Å²) in [5, 5.41) is 0. The predicted molar refractivity (Wildman–Crippen MR) is 85.0 cm³/mol. The Bertz CT molecular complexity index is 558. The molecule has 126 valence electrons. The van der Waals surface area contributed by atoms with E-state index in [0.717, 1.165) is 0 Å². The Labute approximate surface area is 136 Å². The summed E-state index contributed by atoms with van der Waals surface area (Å²) in [5.41, 5.74) is -0.639. The number of pyridine rings is 1. The van der Waals surface area contributed by atoms with Crippen LogP contribution in [0.3, 0.4) is 0 Å². The fraction of sp³-hybridized carbons (Fsp3) is 0.588. The minimum absolute atomic E-state index is 0.306. The lowest BCUT2D eigenvalue weighted by Gasteiger charge is -2.39. The van der Waals surface area contributed by atoms with Gasteiger partial charge in [-0.1, -0.05) is 6.07 Å². The van der Waals surface area contributed by atoms with Crippen molar-refractivity contribution < 1.29 is 19.1 Å². The number of rotatable bonds is 2. The van der Waals surface area contributed by atoms with Gasteiger partial charge in [0.1, 0.15) is 11.0 Å². The molecule has 0 radical (unpaired) electrons. The molecule has 0 atom stereocenters. The van der Waals surface area contributed by atoms with Crippen molar-refractivity contribution >= 4 is 12.1 Å². The maximum Gasteiger partial charge on any atom is 0.410 e. The molecule has 2 heterocycles. The number of carbonyl (C=O) groups is 2. The van der Waals surface area contributed by atoms with Crippen LogP contribution in [0.4, 0.5) is 4.79 Å². The molecule has 2 rings (SSSR count). The van der Waals surface area contributed by atoms with E-state index < -0.39 is 11.0 Å². The van der Waals surface area contributed by atoms with Gasteiger partial charge in [-0.25, -0.2) is 4.79 Å². The summed E-state index contributed by atoms with van der Waals surface area (Å²) in [6.45, 7) is 6.37. The van der Waals surface area contributed by atoms with Gasteiger partial charge < -0.3 is 14.4 Å². The molecule has 0 spiro atoms. The van der Waals surface area contributed by atoms with Gasteiger partial charge in [0.15, 0.2) is 0 Å². The van der Waals surface area contributed by atoms with Crippen LogP contribution in [0.1, 0.15) is 39.3 Å². The molecule has 1 aliphatic heterocycles. The van der Waals surface area contributed by atoms with E-state index in [1.54, 1.807) is 11.1 Å². The van der Waals surface area contributed by atoms with E-state index >= 15 is 0 Å². The standard InChI is InChI=1S/C17H24N2O4/c1-16(2,3)23-15(21)19-11-8-17(9-12-19,14(20)22-4)13-7-5-6-10-18-13/h5-7,10H,8-9,11-12H2,1-4H3. The van der Waals surface area contributed by atoms with Crippen molar-refractivity contribution in [2.45, 2.75) is 44.6 Å². The van der Waals surface area contributed by atoms with Crippen molar-refractivity contribution in [2.75, 3.05) is 20.2 Å². The molecule has 1 aliphatic rings. The Morgan fingerprint density at radius 1 is 1.22 bits per heavy atom. The first-order valence-electron chi connectivity index (χ1n) is 7.76. The fourth-order valence-electron chi connectivity index (χ4n) is 2.80. The van der Waals surface area contributed by atoms with Crippen LogP contribution >= 0.6 is 0 Å². The van der Waals surface area contributed by atoms with Crippen molar-refractivity contribution in [1.29, 1.82) is 0 Å². The van der Waals surface area contributed by atoms with Crippen LogP contribution in [0.15, 0.2) is 24.4 Å². The highest BCUT2D eigenvalue weighted by atomic mass is 16.6. The van der Waals surface area contributed by atoms with Gasteiger partial charge in [0, 0.05) is 19.3 Å². The van der Waals surface area contributed by atoms with E-state index in [1.165, 1.54) is 7.11 Å². The molecule has 1 amide bonds. The molecule has 6 heteroatoms. The SMILES string of the molecule is COC(=O)C1(c2ccccn2)CCN(C(=O)OC(C)(C)C)CC1. The lowest BCUT2D eigenvalue weighted by atomic mass is 9.75. The smallest absolute Gasteiger partial charge is 0.410 e. The molecule has 1 saturated heterocycles. The highest BCUT2D eigenvalue weighted by molar-refractivity contribution is 5.83. The third-order valence-electron chi connectivity index (χ3n) is 4.00. The van der Waals surface area contributed by atoms with Gasteiger partial charge in [-0.05, 0) is 45.7 Å². The second-order valence-electron chi connectivity index (χ2n) is 6.76. The molecule has 0 N–H and O–H groups in total. The number of amides is 1. The molecule has 0 bridgehead atoms. The fourth-order valence-corrected chi connectivity index (χ4v) is 2.80. The quantitative estimate of drug-likeness (QED) is 0.783. The number of nitrogens with zero attached hydrogens (tertiary/aromatic N) is 2. The summed E-state index contributed by atoms with van der Waals surface area (Å²) >= 11 is 0. The number of piperidine rings is 1. The Morgan fingerprint density at radius 3 is 2.35 bits per heavy atom. The maximum absolute atomic E-state index is 12.4. The third kappa shape index (κ3) is 3.81. The van der Waals surface area contributed by atoms with E-state index in [-0.39, 0.29) is 12.1 Å². The van der Waals surface area contributed by atoms with Crippen molar-refractivity contribution in [1.82, 2.24) is 9.88 Å². The molecule has 1 aromatic heterocycles. The Balaban J connectivity index is 2.15. The number of hydrogen-bond donors (Lipinski definition) is 0. The van der Waals surface area contributed by atoms with Crippen LogP contribution in [0.25, 0.3) is 0 Å². The van der Waals surface area contributed by atoms with Crippen molar-refractivity contribution in [3.8, 4) is 0 Å². The molecule has 0 aromatic carbocycles. The Hall–Kier alpha value is -2.11. The monoisotopic (exact) mass is 320 g/mol. The summed E-state index contributed by atoms with van der Waals surface area (Å²) in [4.78, 5) is 30.5. The van der Waals surface area contributed by atoms with Gasteiger partial charge >= 0.3 is 12.1 Å². The largest absolute Gasteiger partial charge is 0.468 e. The first-order valence-corrected chi connectivity index (χ1v) is 7.76. The van der Waals surface area contributed by atoms with Crippen LogP contribution in [0.5, 0.6) is 0 Å². The van der Waals surface area contributed by atoms with Gasteiger partial charge in [0.25, 0.3) is 0 Å². The zero-order chi connectivity index (χ0) is 17.1. The summed E-state index contributed by atoms with van der Waals surface area (Å²) in [6, 6.07) is 5.50. The molecule has 23 heavy (non-hydrogen) atoms. The van der Waals surface area contributed by atoms with Crippen LogP contribution in [0, 0.1) is 0 Å². The van der Waals surface area contributed by atoms with E-state index in [2.05, 4.69) is 4.98 Å². The summed E-state index contributed by atoms with van der Waals surface area (Å²) in [5.74, 6) is -0.306. The number of carbonyl (C=O) groups excluding carboxylic acids is 2. The normalized spacial score (nSPS) is 17.5. The predicted octanol–water partition coefficient (Wildman–Crippen LogP) is 2.52. The summed E-state index contributed by atoms with van der Waals surface area (Å²) in [6.07, 6.45) is 2.25. The first-order chi connectivity index (χ1) is 10.8. The van der Waals surface area contributed by atoms with Crippen molar-refractivity contribution in [3.05, 3.63) is 30.1 Å². The molecular weight excluding hydrogens is 296 g/mol. The van der Waals surface area contributed by atoms with E-state index in [4.69, 9.17) is 9.47 Å². The zero-order valence-electron chi connectivity index (χ0n) is 14.2. The van der Waals surface area contributed by atoms with Crippen LogP contribution in [-0.2, 0) is 19.7 Å². The van der Waals surface area contributed by atoms with Gasteiger partial charge in [-0.2, -0.15) is 0 Å². The lowest BCUT2D eigenvalue weighted by molar-refractivity contribution is -0.150. The summed E-state index contributed by atoms with van der Waals surface area (Å²) < 4.78 is 10.4. The molecule has 6 nitrogen and oxygen atoms in total. The average molecular weight is 320 g/mol. The third-order valence-corrected chi connectivity index (χ3v) is 4.00. The number of methoxy groups -OCH3 is 1. The Kier molecular flexibility index (Phi) is 4.92. The topological polar surface area (TPSA) is 68.7 Å². The number of hydrogen-bond acceptors (Lipinski definition) is 5. The van der Waals surface area contributed by atoms with Gasteiger partial charge in [-0.15, -0.1) is 0 Å². The van der Waals surface area contributed by atoms with Gasteiger partial charge in [-0.3, -0.25) is 9.78 Å². The number of aromatic nitrogens is 1. The first kappa shape index (κ1) is 17.2. The van der Waals surface area contributed by atoms with Crippen LogP contribution < -0.4 is 0 Å². The number of ether oxygens (including phenoxy) is 2. The van der Waals surface area contributed by atoms with Crippen molar-refractivity contribution in [3.63, 3.8) is 0 Å². The second kappa shape index (κ2) is 6.56. The molecule has 1 fully saturated rings. The minimum Gasteiger partial charge on any atom is -0.468 e. The van der Waals surface area contributed by atoms with Crippen LogP contribution in [0.2, 0.25) is 0 Å². The second-order valence-corrected chi connectivity index (χ2v) is 6.76. The molecular formula is C17H24N2O4. The highest BCUT2D eigenvalue weighted by Gasteiger charge is 2.46. The lowest BCUT2D eigenvalue weighted by Crippen LogP contribution is -2.50. The highest BCUT2D eigenvalue weighted by Crippen LogP contribution is 2.36. The zero-order valence-corrected chi connectivity index (χ0v) is 14.2. The van der Waals surface area contributed by atoms with E-state index in [9.17, 15) is 9.59 Å². The maximum atomic E-state index is 12.4. The van der Waals surface area contributed by atoms with Crippen molar-refractivity contribution in [2.24, 2.45) is 0 Å². The molecule has 0 unspecified atom stereocenters. The van der Waals surface area contributed by atoms with Crippen LogP contribution in [-0.4, -0.2) is 47.7 Å². The number of likely N-dealkylation sites (tertiary alicyclic amines) is 1. The Morgan fingerprint density at radius 2 is 1.87 bits per heavy atom.